The third-order valence-corrected chi connectivity index (χ3v) is 7.45. The van der Waals surface area contributed by atoms with E-state index in [4.69, 9.17) is 4.74 Å². The molecule has 0 aliphatic carbocycles. The van der Waals surface area contributed by atoms with Crippen LogP contribution in [0.3, 0.4) is 0 Å². The molecule has 2 aliphatic heterocycles. The first-order valence-corrected chi connectivity index (χ1v) is 11.6. The van der Waals surface area contributed by atoms with Gasteiger partial charge in [0, 0.05) is 12.0 Å². The summed E-state index contributed by atoms with van der Waals surface area (Å²) in [5.74, 6) is 0.837. The maximum absolute atomic E-state index is 13.2. The average Bonchev–Trinajstić information content (AvgIpc) is 3.11. The van der Waals surface area contributed by atoms with E-state index in [-0.39, 0.29) is 12.1 Å². The molecule has 0 radical (unpaired) electrons. The normalized spacial score (nSPS) is 20.5. The minimum atomic E-state index is -0.314. The van der Waals surface area contributed by atoms with Crippen LogP contribution in [-0.2, 0) is 13.0 Å². The molecule has 0 saturated heterocycles. The SMILES string of the molecule is CCOc1ccc2ccccc2c1[C@@H]1NC(=O)c2c(sc3c2CC[NH+](C(C)C)C3)N1. The Bertz CT molecular complexity index is 1120. The standard InChI is InChI=1S/C24H27N3O2S/c1-4-29-18-10-9-15-7-5-6-8-16(15)20(18)22-25-23(28)21-17-11-12-27(14(2)3)13-19(17)30-24(21)26-22/h5-10,14,22,26H,4,11-13H2,1-3H3,(H,25,28)/p+1/t22-/m1/s1. The van der Waals surface area contributed by atoms with Gasteiger partial charge in [0.2, 0.25) is 0 Å². The average molecular weight is 423 g/mol. The fourth-order valence-electron chi connectivity index (χ4n) is 4.70. The Kier molecular flexibility index (Phi) is 4.91. The lowest BCUT2D eigenvalue weighted by atomic mass is 9.97. The second-order valence-electron chi connectivity index (χ2n) is 8.38. The minimum Gasteiger partial charge on any atom is -0.493 e. The number of thiophene rings is 1. The van der Waals surface area contributed by atoms with Crippen LogP contribution in [0.1, 0.15) is 53.3 Å². The highest BCUT2D eigenvalue weighted by molar-refractivity contribution is 7.16. The number of amides is 1. The van der Waals surface area contributed by atoms with E-state index in [1.165, 1.54) is 10.4 Å². The Labute approximate surface area is 181 Å². The van der Waals surface area contributed by atoms with Crippen molar-refractivity contribution >= 4 is 33.0 Å². The number of nitrogens with one attached hydrogen (secondary N) is 3. The van der Waals surface area contributed by atoms with Gasteiger partial charge in [-0.3, -0.25) is 4.79 Å². The number of carbonyl (C=O) groups is 1. The first-order valence-electron chi connectivity index (χ1n) is 10.8. The van der Waals surface area contributed by atoms with Gasteiger partial charge >= 0.3 is 0 Å². The lowest BCUT2D eigenvalue weighted by Crippen LogP contribution is -3.14. The topological polar surface area (TPSA) is 54.8 Å². The molecular weight excluding hydrogens is 394 g/mol. The molecule has 3 aromatic rings. The van der Waals surface area contributed by atoms with Gasteiger partial charge in [-0.1, -0.05) is 30.3 Å². The van der Waals surface area contributed by atoms with E-state index in [1.54, 1.807) is 16.2 Å². The quantitative estimate of drug-likeness (QED) is 0.603. The molecule has 2 aliphatic rings. The van der Waals surface area contributed by atoms with Crippen molar-refractivity contribution in [2.45, 2.75) is 45.9 Å². The monoisotopic (exact) mass is 422 g/mol. The molecule has 5 nitrogen and oxygen atoms in total. The van der Waals surface area contributed by atoms with E-state index >= 15 is 0 Å². The van der Waals surface area contributed by atoms with Crippen LogP contribution in [0.25, 0.3) is 10.8 Å². The van der Waals surface area contributed by atoms with Gasteiger partial charge in [0.15, 0.2) is 0 Å². The highest BCUT2D eigenvalue weighted by atomic mass is 32.1. The third kappa shape index (κ3) is 3.15. The highest BCUT2D eigenvalue weighted by Crippen LogP contribution is 2.42. The van der Waals surface area contributed by atoms with E-state index in [0.717, 1.165) is 52.2 Å². The van der Waals surface area contributed by atoms with Crippen LogP contribution in [0, 0.1) is 0 Å². The van der Waals surface area contributed by atoms with E-state index in [2.05, 4.69) is 42.7 Å². The van der Waals surface area contributed by atoms with Gasteiger partial charge in [-0.2, -0.15) is 0 Å². The minimum absolute atomic E-state index is 0.0228. The Hall–Kier alpha value is -2.57. The molecule has 6 heteroatoms. The summed E-state index contributed by atoms with van der Waals surface area (Å²) < 4.78 is 5.95. The van der Waals surface area contributed by atoms with Gasteiger partial charge < -0.3 is 20.3 Å². The molecule has 1 aromatic heterocycles. The number of hydrogen-bond acceptors (Lipinski definition) is 4. The summed E-state index contributed by atoms with van der Waals surface area (Å²) in [5, 5.41) is 10.1. The molecule has 0 fully saturated rings. The van der Waals surface area contributed by atoms with Crippen molar-refractivity contribution in [1.29, 1.82) is 0 Å². The van der Waals surface area contributed by atoms with Gasteiger partial charge in [-0.05, 0) is 43.2 Å². The molecule has 3 N–H and O–H groups in total. The van der Waals surface area contributed by atoms with Gasteiger partial charge in [-0.15, -0.1) is 11.3 Å². The smallest absolute Gasteiger partial charge is 0.256 e. The molecule has 5 rings (SSSR count). The number of ether oxygens (including phenoxy) is 1. The lowest BCUT2D eigenvalue weighted by Gasteiger charge is -2.30. The summed E-state index contributed by atoms with van der Waals surface area (Å²) in [6.07, 6.45) is 0.652. The summed E-state index contributed by atoms with van der Waals surface area (Å²) >= 11 is 1.75. The molecule has 0 bridgehead atoms. The number of benzene rings is 2. The summed E-state index contributed by atoms with van der Waals surface area (Å²) in [6, 6.07) is 12.9. The molecule has 0 saturated carbocycles. The molecule has 1 amide bonds. The van der Waals surface area contributed by atoms with Crippen LogP contribution in [0.2, 0.25) is 0 Å². The van der Waals surface area contributed by atoms with E-state index in [0.29, 0.717) is 12.6 Å². The van der Waals surface area contributed by atoms with Crippen LogP contribution < -0.4 is 20.3 Å². The summed E-state index contributed by atoms with van der Waals surface area (Å²) in [4.78, 5) is 16.2. The van der Waals surface area contributed by atoms with Crippen molar-refractivity contribution in [3.8, 4) is 5.75 Å². The predicted octanol–water partition coefficient (Wildman–Crippen LogP) is 3.50. The van der Waals surface area contributed by atoms with Crippen molar-refractivity contribution in [3.05, 3.63) is 58.0 Å². The van der Waals surface area contributed by atoms with E-state index < -0.39 is 0 Å². The van der Waals surface area contributed by atoms with Crippen molar-refractivity contribution in [2.75, 3.05) is 18.5 Å². The van der Waals surface area contributed by atoms with Crippen molar-refractivity contribution in [2.24, 2.45) is 0 Å². The second kappa shape index (κ2) is 7.60. The number of rotatable bonds is 4. The fraction of sp³-hybridized carbons (Fsp3) is 0.375. The second-order valence-corrected chi connectivity index (χ2v) is 9.49. The van der Waals surface area contributed by atoms with E-state index in [1.807, 2.05) is 25.1 Å². The molecule has 1 unspecified atom stereocenters. The van der Waals surface area contributed by atoms with Crippen LogP contribution in [-0.4, -0.2) is 25.1 Å². The zero-order valence-electron chi connectivity index (χ0n) is 17.7. The van der Waals surface area contributed by atoms with Gasteiger partial charge in [-0.25, -0.2) is 0 Å². The Balaban J connectivity index is 1.56. The first-order chi connectivity index (χ1) is 14.6. The number of quaternary nitrogens is 1. The van der Waals surface area contributed by atoms with Crippen molar-refractivity contribution in [3.63, 3.8) is 0 Å². The largest absolute Gasteiger partial charge is 0.493 e. The molecule has 2 aromatic carbocycles. The lowest BCUT2D eigenvalue weighted by molar-refractivity contribution is -0.936. The number of hydrogen-bond donors (Lipinski definition) is 3. The van der Waals surface area contributed by atoms with Gasteiger partial charge in [0.05, 0.1) is 29.6 Å². The molecule has 30 heavy (non-hydrogen) atoms. The van der Waals surface area contributed by atoms with Crippen LogP contribution in [0.4, 0.5) is 5.00 Å². The predicted molar refractivity (Wildman–Crippen MR) is 122 cm³/mol. The van der Waals surface area contributed by atoms with Crippen LogP contribution in [0.15, 0.2) is 36.4 Å². The molecule has 2 atom stereocenters. The van der Waals surface area contributed by atoms with Crippen molar-refractivity contribution in [1.82, 2.24) is 5.32 Å². The molecule has 0 spiro atoms. The summed E-state index contributed by atoms with van der Waals surface area (Å²) in [5.41, 5.74) is 3.09. The number of carbonyl (C=O) groups excluding carboxylic acids is 1. The van der Waals surface area contributed by atoms with Crippen molar-refractivity contribution < 1.29 is 14.4 Å². The third-order valence-electron chi connectivity index (χ3n) is 6.29. The summed E-state index contributed by atoms with van der Waals surface area (Å²) in [6.45, 7) is 9.19. The summed E-state index contributed by atoms with van der Waals surface area (Å²) in [7, 11) is 0. The Morgan fingerprint density at radius 3 is 2.83 bits per heavy atom. The Morgan fingerprint density at radius 2 is 2.03 bits per heavy atom. The Morgan fingerprint density at radius 1 is 1.20 bits per heavy atom. The van der Waals surface area contributed by atoms with Gasteiger partial charge in [0.1, 0.15) is 23.5 Å². The van der Waals surface area contributed by atoms with Crippen LogP contribution >= 0.6 is 11.3 Å². The number of anilines is 1. The zero-order chi connectivity index (χ0) is 20.8. The van der Waals surface area contributed by atoms with Crippen LogP contribution in [0.5, 0.6) is 5.75 Å². The first kappa shape index (κ1) is 19.4. The van der Waals surface area contributed by atoms with Gasteiger partial charge in [0.25, 0.3) is 5.91 Å². The highest BCUT2D eigenvalue weighted by Gasteiger charge is 2.36. The number of fused-ring (bicyclic) bond motifs is 4. The maximum atomic E-state index is 13.2. The molecule has 3 heterocycles. The molecule has 156 valence electrons. The molecular formula is C24H28N3O2S+. The zero-order valence-corrected chi connectivity index (χ0v) is 18.5. The maximum Gasteiger partial charge on any atom is 0.256 e. The fourth-order valence-corrected chi connectivity index (χ4v) is 6.03. The van der Waals surface area contributed by atoms with E-state index in [9.17, 15) is 4.79 Å².